The Balaban J connectivity index is 1.98. The van der Waals surface area contributed by atoms with Gasteiger partial charge < -0.3 is 5.32 Å². The summed E-state index contributed by atoms with van der Waals surface area (Å²) >= 11 is 0. The lowest BCUT2D eigenvalue weighted by atomic mass is 10.1. The van der Waals surface area contributed by atoms with Gasteiger partial charge in [0.15, 0.2) is 0 Å². The second-order valence-corrected chi connectivity index (χ2v) is 7.65. The standard InChI is InChI=1S/C17H14F6N2O3S/c18-16(19,20)10-24-29(27,28)14-7-5-13(6-8-14)25-15(26)9-11-1-3-12(4-2-11)17(21,22)23/h1-8,24H,9-10H2,(H,25,26). The van der Waals surface area contributed by atoms with Crippen molar-refractivity contribution < 1.29 is 39.6 Å². The molecule has 5 nitrogen and oxygen atoms in total. The number of carbonyl (C=O) groups is 1. The van der Waals surface area contributed by atoms with Crippen molar-refractivity contribution in [3.63, 3.8) is 0 Å². The zero-order valence-corrected chi connectivity index (χ0v) is 15.3. The number of amides is 1. The molecule has 1 amide bonds. The van der Waals surface area contributed by atoms with E-state index in [2.05, 4.69) is 5.32 Å². The third kappa shape index (κ3) is 7.06. The zero-order valence-electron chi connectivity index (χ0n) is 14.4. The molecule has 0 aromatic heterocycles. The molecule has 2 N–H and O–H groups in total. The molecule has 158 valence electrons. The molecule has 12 heteroatoms. The summed E-state index contributed by atoms with van der Waals surface area (Å²) in [6, 6.07) is 8.36. The zero-order chi connectivity index (χ0) is 21.9. The maximum Gasteiger partial charge on any atom is 0.416 e. The molecular weight excluding hydrogens is 426 g/mol. The van der Waals surface area contributed by atoms with E-state index >= 15 is 0 Å². The molecule has 2 aromatic rings. The van der Waals surface area contributed by atoms with Crippen LogP contribution in [0.25, 0.3) is 0 Å². The summed E-state index contributed by atoms with van der Waals surface area (Å²) in [6.45, 7) is -1.72. The Morgan fingerprint density at radius 2 is 1.41 bits per heavy atom. The number of sulfonamides is 1. The van der Waals surface area contributed by atoms with E-state index in [4.69, 9.17) is 0 Å². The summed E-state index contributed by atoms with van der Waals surface area (Å²) in [4.78, 5) is 11.5. The molecule has 0 aliphatic heterocycles. The summed E-state index contributed by atoms with van der Waals surface area (Å²) in [7, 11) is -4.38. The molecule has 0 unspecified atom stereocenters. The van der Waals surface area contributed by atoms with Gasteiger partial charge in [-0.25, -0.2) is 13.1 Å². The van der Waals surface area contributed by atoms with Gasteiger partial charge in [0.05, 0.1) is 16.9 Å². The predicted molar refractivity (Wildman–Crippen MR) is 91.5 cm³/mol. The van der Waals surface area contributed by atoms with Crippen LogP contribution in [-0.2, 0) is 27.4 Å². The van der Waals surface area contributed by atoms with Crippen LogP contribution in [-0.4, -0.2) is 27.0 Å². The Labute approximate surface area is 161 Å². The van der Waals surface area contributed by atoms with Gasteiger partial charge in [-0.05, 0) is 42.0 Å². The average Bonchev–Trinajstić information content (AvgIpc) is 2.60. The van der Waals surface area contributed by atoms with Crippen molar-refractivity contribution >= 4 is 21.6 Å². The van der Waals surface area contributed by atoms with Gasteiger partial charge in [0.2, 0.25) is 15.9 Å². The molecule has 0 spiro atoms. The van der Waals surface area contributed by atoms with Crippen LogP contribution in [0.15, 0.2) is 53.4 Å². The van der Waals surface area contributed by atoms with Crippen molar-refractivity contribution in [3.05, 3.63) is 59.7 Å². The lowest BCUT2D eigenvalue weighted by molar-refractivity contribution is -0.137. The van der Waals surface area contributed by atoms with E-state index in [1.807, 2.05) is 0 Å². The number of alkyl halides is 6. The van der Waals surface area contributed by atoms with Gasteiger partial charge in [-0.15, -0.1) is 0 Å². The van der Waals surface area contributed by atoms with Crippen LogP contribution in [0.3, 0.4) is 0 Å². The van der Waals surface area contributed by atoms with Crippen LogP contribution in [0, 0.1) is 0 Å². The van der Waals surface area contributed by atoms with Crippen LogP contribution in [0.1, 0.15) is 11.1 Å². The summed E-state index contributed by atoms with van der Waals surface area (Å²) in [5.74, 6) is -0.574. The highest BCUT2D eigenvalue weighted by Gasteiger charge is 2.30. The monoisotopic (exact) mass is 440 g/mol. The Morgan fingerprint density at radius 3 is 1.90 bits per heavy atom. The van der Waals surface area contributed by atoms with Crippen molar-refractivity contribution in [1.29, 1.82) is 0 Å². The fraction of sp³-hybridized carbons (Fsp3) is 0.235. The van der Waals surface area contributed by atoms with E-state index in [1.165, 1.54) is 16.9 Å². The second-order valence-electron chi connectivity index (χ2n) is 5.88. The highest BCUT2D eigenvalue weighted by molar-refractivity contribution is 7.89. The summed E-state index contributed by atoms with van der Waals surface area (Å²) in [5, 5.41) is 2.41. The Kier molecular flexibility index (Phi) is 6.58. The van der Waals surface area contributed by atoms with Gasteiger partial charge in [0.25, 0.3) is 0 Å². The number of carbonyl (C=O) groups excluding carboxylic acids is 1. The normalized spacial score (nSPS) is 12.6. The molecule has 0 saturated carbocycles. The first kappa shape index (κ1) is 22.7. The fourth-order valence-electron chi connectivity index (χ4n) is 2.18. The molecule has 0 atom stereocenters. The van der Waals surface area contributed by atoms with Gasteiger partial charge >= 0.3 is 12.4 Å². The largest absolute Gasteiger partial charge is 0.416 e. The summed E-state index contributed by atoms with van der Waals surface area (Å²) in [5.41, 5.74) is -0.361. The third-order valence-electron chi connectivity index (χ3n) is 3.56. The molecule has 0 heterocycles. The number of hydrogen-bond donors (Lipinski definition) is 2. The summed E-state index contributed by atoms with van der Waals surface area (Å²) in [6.07, 6.45) is -9.43. The van der Waals surface area contributed by atoms with Crippen LogP contribution in [0.2, 0.25) is 0 Å². The van der Waals surface area contributed by atoms with Crippen molar-refractivity contribution in [3.8, 4) is 0 Å². The predicted octanol–water partition coefficient (Wildman–Crippen LogP) is 3.73. The van der Waals surface area contributed by atoms with Gasteiger partial charge in [-0.3, -0.25) is 4.79 Å². The highest BCUT2D eigenvalue weighted by Crippen LogP contribution is 2.29. The van der Waals surface area contributed by atoms with E-state index in [0.29, 0.717) is 5.56 Å². The lowest BCUT2D eigenvalue weighted by Gasteiger charge is -2.10. The van der Waals surface area contributed by atoms with E-state index in [-0.39, 0.29) is 12.1 Å². The van der Waals surface area contributed by atoms with Crippen LogP contribution in [0.5, 0.6) is 0 Å². The van der Waals surface area contributed by atoms with E-state index in [1.54, 1.807) is 0 Å². The quantitative estimate of drug-likeness (QED) is 0.673. The van der Waals surface area contributed by atoms with Gasteiger partial charge in [-0.1, -0.05) is 12.1 Å². The van der Waals surface area contributed by atoms with Crippen LogP contribution in [0.4, 0.5) is 32.0 Å². The van der Waals surface area contributed by atoms with Crippen molar-refractivity contribution in [2.75, 3.05) is 11.9 Å². The fourth-order valence-corrected chi connectivity index (χ4v) is 3.19. The van der Waals surface area contributed by atoms with Crippen molar-refractivity contribution in [1.82, 2.24) is 4.72 Å². The second kappa shape index (κ2) is 8.41. The topological polar surface area (TPSA) is 75.3 Å². The summed E-state index contributed by atoms with van der Waals surface area (Å²) < 4.78 is 98.9. The number of anilines is 1. The average molecular weight is 440 g/mol. The lowest BCUT2D eigenvalue weighted by Crippen LogP contribution is -2.33. The maximum absolute atomic E-state index is 12.5. The van der Waals surface area contributed by atoms with Crippen molar-refractivity contribution in [2.24, 2.45) is 0 Å². The molecule has 2 rings (SSSR count). The number of hydrogen-bond acceptors (Lipinski definition) is 3. The minimum Gasteiger partial charge on any atom is -0.326 e. The number of benzene rings is 2. The molecule has 2 aromatic carbocycles. The van der Waals surface area contributed by atoms with E-state index < -0.39 is 45.3 Å². The van der Waals surface area contributed by atoms with Gasteiger partial charge in [0, 0.05) is 5.69 Å². The Bertz CT molecular complexity index is 953. The first-order chi connectivity index (χ1) is 13.3. The number of rotatable bonds is 6. The van der Waals surface area contributed by atoms with Crippen molar-refractivity contribution in [2.45, 2.75) is 23.7 Å². The van der Waals surface area contributed by atoms with Gasteiger partial charge in [-0.2, -0.15) is 26.3 Å². The molecule has 0 radical (unpaired) electrons. The highest BCUT2D eigenvalue weighted by atomic mass is 32.2. The number of halogens is 6. The van der Waals surface area contributed by atoms with Crippen LogP contribution < -0.4 is 10.0 Å². The third-order valence-corrected chi connectivity index (χ3v) is 4.97. The van der Waals surface area contributed by atoms with Crippen LogP contribution >= 0.6 is 0 Å². The maximum atomic E-state index is 12.5. The molecular formula is C17H14F6N2O3S. The Hall–Kier alpha value is -2.60. The smallest absolute Gasteiger partial charge is 0.326 e. The molecule has 0 bridgehead atoms. The van der Waals surface area contributed by atoms with E-state index in [9.17, 15) is 39.6 Å². The first-order valence-corrected chi connectivity index (χ1v) is 9.37. The minimum atomic E-state index is -4.71. The molecule has 0 aliphatic carbocycles. The SMILES string of the molecule is O=C(Cc1ccc(C(F)(F)F)cc1)Nc1ccc(S(=O)(=O)NCC(F)(F)F)cc1. The number of nitrogens with one attached hydrogen (secondary N) is 2. The molecule has 0 aliphatic rings. The molecule has 29 heavy (non-hydrogen) atoms. The van der Waals surface area contributed by atoms with Gasteiger partial charge in [0.1, 0.15) is 6.54 Å². The molecule has 0 saturated heterocycles. The van der Waals surface area contributed by atoms with E-state index in [0.717, 1.165) is 36.4 Å². The minimum absolute atomic E-state index is 0.164. The Morgan fingerprint density at radius 1 is 0.862 bits per heavy atom. The molecule has 0 fully saturated rings. The first-order valence-electron chi connectivity index (χ1n) is 7.89.